The maximum atomic E-state index is 10.2. The molecule has 1 atom stereocenters. The number of anilines is 1. The van der Waals surface area contributed by atoms with E-state index in [-0.39, 0.29) is 5.84 Å². The third kappa shape index (κ3) is 2.67. The minimum atomic E-state index is -0.672. The SMILES string of the molecule is CC1(O)CCCN(c2cccc(Br)c2C(=N)N)C1. The Hall–Kier alpha value is -1.07. The predicted molar refractivity (Wildman–Crippen MR) is 77.2 cm³/mol. The van der Waals surface area contributed by atoms with E-state index in [9.17, 15) is 5.11 Å². The molecule has 1 aliphatic rings. The number of nitrogens with two attached hydrogens (primary N) is 1. The van der Waals surface area contributed by atoms with Crippen LogP contribution < -0.4 is 10.6 Å². The average Bonchev–Trinajstić information content (AvgIpc) is 2.26. The Morgan fingerprint density at radius 2 is 2.28 bits per heavy atom. The minimum absolute atomic E-state index is 0.0442. The van der Waals surface area contributed by atoms with Crippen molar-refractivity contribution in [3.8, 4) is 0 Å². The highest BCUT2D eigenvalue weighted by Crippen LogP contribution is 2.31. The number of nitrogen functional groups attached to an aromatic ring is 1. The molecule has 4 N–H and O–H groups in total. The Kier molecular flexibility index (Phi) is 3.64. The Morgan fingerprint density at radius 1 is 1.56 bits per heavy atom. The van der Waals surface area contributed by atoms with E-state index in [1.165, 1.54) is 0 Å². The van der Waals surface area contributed by atoms with E-state index in [0.717, 1.165) is 29.5 Å². The van der Waals surface area contributed by atoms with Gasteiger partial charge in [0, 0.05) is 23.2 Å². The third-order valence-corrected chi connectivity index (χ3v) is 3.94. The number of piperidine rings is 1. The van der Waals surface area contributed by atoms with Crippen LogP contribution in [0.15, 0.2) is 22.7 Å². The first kappa shape index (κ1) is 13.4. The first-order chi connectivity index (χ1) is 8.41. The van der Waals surface area contributed by atoms with Crippen LogP contribution in [0.25, 0.3) is 0 Å². The van der Waals surface area contributed by atoms with Crippen LogP contribution >= 0.6 is 15.9 Å². The molecule has 0 radical (unpaired) electrons. The molecule has 18 heavy (non-hydrogen) atoms. The van der Waals surface area contributed by atoms with Crippen molar-refractivity contribution >= 4 is 27.5 Å². The monoisotopic (exact) mass is 311 g/mol. The van der Waals surface area contributed by atoms with Gasteiger partial charge in [0.25, 0.3) is 0 Å². The van der Waals surface area contributed by atoms with Gasteiger partial charge in [-0.1, -0.05) is 6.07 Å². The standard InChI is InChI=1S/C13H18BrN3O/c1-13(18)6-3-7-17(8-13)10-5-2-4-9(14)11(10)12(15)16/h2,4-5,18H,3,6-8H2,1H3,(H3,15,16). The van der Waals surface area contributed by atoms with Crippen molar-refractivity contribution in [1.82, 2.24) is 0 Å². The van der Waals surface area contributed by atoms with Gasteiger partial charge in [-0.15, -0.1) is 0 Å². The number of rotatable bonds is 2. The van der Waals surface area contributed by atoms with Gasteiger partial charge in [-0.3, -0.25) is 5.41 Å². The van der Waals surface area contributed by atoms with E-state index in [0.29, 0.717) is 12.1 Å². The molecule has 0 spiro atoms. The molecule has 1 fully saturated rings. The van der Waals surface area contributed by atoms with Crippen molar-refractivity contribution in [2.24, 2.45) is 5.73 Å². The highest BCUT2D eigenvalue weighted by molar-refractivity contribution is 9.10. The first-order valence-corrected chi connectivity index (χ1v) is 6.80. The van der Waals surface area contributed by atoms with E-state index in [1.807, 2.05) is 25.1 Å². The lowest BCUT2D eigenvalue weighted by Crippen LogP contribution is -2.46. The Labute approximate surface area is 115 Å². The highest BCUT2D eigenvalue weighted by atomic mass is 79.9. The number of hydrogen-bond donors (Lipinski definition) is 3. The second-order valence-electron chi connectivity index (χ2n) is 5.07. The first-order valence-electron chi connectivity index (χ1n) is 6.01. The number of β-amino-alcohol motifs (C(OH)–C–C–N with tert-alkyl or cyclic N) is 1. The lowest BCUT2D eigenvalue weighted by atomic mass is 9.94. The quantitative estimate of drug-likeness (QED) is 0.578. The number of nitrogens with one attached hydrogen (secondary N) is 1. The highest BCUT2D eigenvalue weighted by Gasteiger charge is 2.30. The van der Waals surface area contributed by atoms with Gasteiger partial charge in [-0.2, -0.15) is 0 Å². The van der Waals surface area contributed by atoms with Crippen LogP contribution in [0.1, 0.15) is 25.3 Å². The molecule has 1 aromatic carbocycles. The minimum Gasteiger partial charge on any atom is -0.388 e. The van der Waals surface area contributed by atoms with Crippen molar-refractivity contribution in [2.45, 2.75) is 25.4 Å². The van der Waals surface area contributed by atoms with Crippen LogP contribution in [0.2, 0.25) is 0 Å². The lowest BCUT2D eigenvalue weighted by molar-refractivity contribution is 0.0449. The normalized spacial score (nSPS) is 24.1. The molecule has 0 aliphatic carbocycles. The molecule has 5 heteroatoms. The summed E-state index contributed by atoms with van der Waals surface area (Å²) in [6.07, 6.45) is 1.75. The van der Waals surface area contributed by atoms with Crippen molar-refractivity contribution in [3.63, 3.8) is 0 Å². The fraction of sp³-hybridized carbons (Fsp3) is 0.462. The summed E-state index contributed by atoms with van der Waals surface area (Å²) < 4.78 is 0.817. The summed E-state index contributed by atoms with van der Waals surface area (Å²) in [4.78, 5) is 2.10. The van der Waals surface area contributed by atoms with Gasteiger partial charge in [0.05, 0.1) is 11.2 Å². The molecule has 1 unspecified atom stereocenters. The van der Waals surface area contributed by atoms with Gasteiger partial charge >= 0.3 is 0 Å². The summed E-state index contributed by atoms with van der Waals surface area (Å²) in [6, 6.07) is 5.75. The fourth-order valence-electron chi connectivity index (χ4n) is 2.47. The topological polar surface area (TPSA) is 73.3 Å². The van der Waals surface area contributed by atoms with Crippen LogP contribution in [-0.2, 0) is 0 Å². The average molecular weight is 312 g/mol. The van der Waals surface area contributed by atoms with Crippen molar-refractivity contribution in [2.75, 3.05) is 18.0 Å². The number of amidine groups is 1. The summed E-state index contributed by atoms with van der Waals surface area (Å²) in [5, 5.41) is 17.9. The van der Waals surface area contributed by atoms with Crippen molar-refractivity contribution < 1.29 is 5.11 Å². The second kappa shape index (κ2) is 4.90. The second-order valence-corrected chi connectivity index (χ2v) is 5.92. The van der Waals surface area contributed by atoms with Crippen LogP contribution in [0.4, 0.5) is 5.69 Å². The molecule has 0 bridgehead atoms. The third-order valence-electron chi connectivity index (χ3n) is 3.28. The molecule has 98 valence electrons. The fourth-order valence-corrected chi connectivity index (χ4v) is 3.04. The largest absolute Gasteiger partial charge is 0.388 e. The number of hydrogen-bond acceptors (Lipinski definition) is 3. The number of benzene rings is 1. The summed E-state index contributed by atoms with van der Waals surface area (Å²) in [5.74, 6) is 0.0442. The Morgan fingerprint density at radius 3 is 2.89 bits per heavy atom. The Balaban J connectivity index is 2.39. The van der Waals surface area contributed by atoms with Gasteiger partial charge in [0.15, 0.2) is 0 Å². The Bertz CT molecular complexity index is 473. The molecule has 2 rings (SSSR count). The van der Waals surface area contributed by atoms with Crippen LogP contribution in [0.5, 0.6) is 0 Å². The van der Waals surface area contributed by atoms with Crippen molar-refractivity contribution in [1.29, 1.82) is 5.41 Å². The molecule has 4 nitrogen and oxygen atoms in total. The molecule has 1 saturated heterocycles. The van der Waals surface area contributed by atoms with E-state index in [1.54, 1.807) is 0 Å². The zero-order valence-electron chi connectivity index (χ0n) is 10.4. The van der Waals surface area contributed by atoms with Crippen molar-refractivity contribution in [3.05, 3.63) is 28.2 Å². The maximum absolute atomic E-state index is 10.2. The summed E-state index contributed by atoms with van der Waals surface area (Å²) in [5.41, 5.74) is 6.60. The number of halogens is 1. The van der Waals surface area contributed by atoms with E-state index < -0.39 is 5.60 Å². The summed E-state index contributed by atoms with van der Waals surface area (Å²) in [7, 11) is 0. The van der Waals surface area contributed by atoms with Crippen LogP contribution in [-0.4, -0.2) is 29.6 Å². The molecule has 1 aliphatic heterocycles. The summed E-state index contributed by atoms with van der Waals surface area (Å²) >= 11 is 3.43. The molecular formula is C13H18BrN3O. The molecule has 0 amide bonds. The number of aliphatic hydroxyl groups is 1. The smallest absolute Gasteiger partial charge is 0.126 e. The lowest BCUT2D eigenvalue weighted by Gasteiger charge is -2.39. The molecule has 1 aromatic rings. The molecule has 1 heterocycles. The van der Waals surface area contributed by atoms with Gasteiger partial charge < -0.3 is 15.7 Å². The van der Waals surface area contributed by atoms with Crippen LogP contribution in [0.3, 0.4) is 0 Å². The van der Waals surface area contributed by atoms with E-state index in [4.69, 9.17) is 11.1 Å². The molecule has 0 aromatic heterocycles. The number of nitrogens with zero attached hydrogens (tertiary/aromatic N) is 1. The summed E-state index contributed by atoms with van der Waals surface area (Å²) in [6.45, 7) is 3.31. The van der Waals surface area contributed by atoms with Gasteiger partial charge in [-0.05, 0) is 47.8 Å². The zero-order chi connectivity index (χ0) is 13.3. The molecule has 0 saturated carbocycles. The van der Waals surface area contributed by atoms with Gasteiger partial charge in [0.1, 0.15) is 5.84 Å². The van der Waals surface area contributed by atoms with E-state index >= 15 is 0 Å². The van der Waals surface area contributed by atoms with E-state index in [2.05, 4.69) is 20.8 Å². The van der Waals surface area contributed by atoms with Gasteiger partial charge in [0.2, 0.25) is 0 Å². The predicted octanol–water partition coefficient (Wildman–Crippen LogP) is 2.08. The maximum Gasteiger partial charge on any atom is 0.126 e. The zero-order valence-corrected chi connectivity index (χ0v) is 12.0. The molecular weight excluding hydrogens is 294 g/mol. The van der Waals surface area contributed by atoms with Gasteiger partial charge in [-0.25, -0.2) is 0 Å². The van der Waals surface area contributed by atoms with Crippen LogP contribution in [0, 0.1) is 5.41 Å².